The summed E-state index contributed by atoms with van der Waals surface area (Å²) >= 11 is 0. The molecule has 6 N–H and O–H groups in total. The van der Waals surface area contributed by atoms with Crippen molar-refractivity contribution in [2.75, 3.05) is 0 Å². The molecule has 0 saturated heterocycles. The van der Waals surface area contributed by atoms with Crippen LogP contribution in [0, 0.1) is 5.92 Å². The second kappa shape index (κ2) is 15.5. The number of rotatable bonds is 6. The van der Waals surface area contributed by atoms with Gasteiger partial charge in [0.2, 0.25) is 0 Å². The number of hydrogen-bond acceptors (Lipinski definition) is 6. The van der Waals surface area contributed by atoms with Gasteiger partial charge in [-0.1, -0.05) is 6.92 Å². The van der Waals surface area contributed by atoms with Crippen molar-refractivity contribution in [3.63, 3.8) is 0 Å². The van der Waals surface area contributed by atoms with Crippen molar-refractivity contribution in [3.05, 3.63) is 121 Å². The zero-order valence-corrected chi connectivity index (χ0v) is 24.6. The fourth-order valence-corrected chi connectivity index (χ4v) is 6.87. The summed E-state index contributed by atoms with van der Waals surface area (Å²) in [4.78, 5) is 40.6. The van der Waals surface area contributed by atoms with Gasteiger partial charge >= 0.3 is 184 Å². The molecule has 0 amide bonds. The minimum absolute atomic E-state index is 0.608. The molecule has 11 heteroatoms. The molecule has 3 atom stereocenters. The molecule has 0 aromatic heterocycles. The summed E-state index contributed by atoms with van der Waals surface area (Å²) in [7, 11) is -6.91. The Bertz CT molecular complexity index is 1110. The standard InChI is InChI=1S/2C12H13O2P.C6H11F3O2/c2*13-15(14,11-7-3-1-4-8-11)12-9-5-2-6-10-12;1-3(4(2)10)5(11)6(7,8)9/h2*1-10,13-15H;3-5,10-11H,1-2H3. The average Bonchev–Trinajstić information content (AvgIpc) is 2.98. The summed E-state index contributed by atoms with van der Waals surface area (Å²) in [5.74, 6) is -1.19. The summed E-state index contributed by atoms with van der Waals surface area (Å²) in [5.41, 5.74) is 0. The van der Waals surface area contributed by atoms with E-state index >= 15 is 0 Å². The fourth-order valence-electron chi connectivity index (χ4n) is 3.58. The average molecular weight is 613 g/mol. The van der Waals surface area contributed by atoms with Gasteiger partial charge in [-0.15, -0.1) is 0 Å². The van der Waals surface area contributed by atoms with E-state index in [1.807, 2.05) is 72.8 Å². The quantitative estimate of drug-likeness (QED) is 0.186. The molecule has 0 aliphatic carbocycles. The molecule has 0 fully saturated rings. The van der Waals surface area contributed by atoms with E-state index in [-0.39, 0.29) is 0 Å². The molecule has 0 aliphatic rings. The van der Waals surface area contributed by atoms with Gasteiger partial charge in [0.25, 0.3) is 0 Å². The number of halogens is 3. The van der Waals surface area contributed by atoms with Gasteiger partial charge in [0.1, 0.15) is 0 Å². The third-order valence-electron chi connectivity index (χ3n) is 6.30. The first kappa shape index (κ1) is 34.5. The van der Waals surface area contributed by atoms with Crippen LogP contribution >= 0.6 is 15.4 Å². The summed E-state index contributed by atoms with van der Waals surface area (Å²) in [5, 5.41) is 19.7. The Morgan fingerprint density at radius 1 is 0.488 bits per heavy atom. The molecule has 0 spiro atoms. The monoisotopic (exact) mass is 612 g/mol. The molecular formula is C30H37F3O6P2. The molecule has 41 heavy (non-hydrogen) atoms. The van der Waals surface area contributed by atoms with Crippen LogP contribution < -0.4 is 21.2 Å². The maximum atomic E-state index is 11.7. The van der Waals surface area contributed by atoms with Crippen molar-refractivity contribution < 1.29 is 43.0 Å². The van der Waals surface area contributed by atoms with Gasteiger partial charge in [0.05, 0.1) is 6.10 Å². The topological polar surface area (TPSA) is 121 Å². The van der Waals surface area contributed by atoms with Crippen LogP contribution in [-0.2, 0) is 0 Å². The van der Waals surface area contributed by atoms with E-state index in [1.165, 1.54) is 6.92 Å². The molecule has 6 nitrogen and oxygen atoms in total. The predicted octanol–water partition coefficient (Wildman–Crippen LogP) is 3.33. The number of aliphatic hydroxyl groups is 2. The Hall–Kier alpha value is -2.71. The molecule has 0 bridgehead atoms. The van der Waals surface area contributed by atoms with Crippen molar-refractivity contribution >= 4 is 36.7 Å². The van der Waals surface area contributed by atoms with Gasteiger partial charge in [-0.25, -0.2) is 0 Å². The van der Waals surface area contributed by atoms with Crippen LogP contribution in [0.15, 0.2) is 121 Å². The molecule has 0 saturated carbocycles. The third-order valence-corrected chi connectivity index (χ3v) is 10.9. The Morgan fingerprint density at radius 2 is 0.707 bits per heavy atom. The number of aliphatic hydroxyl groups excluding tert-OH is 2. The van der Waals surface area contributed by atoms with Crippen molar-refractivity contribution in [1.29, 1.82) is 0 Å². The molecule has 0 aliphatic heterocycles. The maximum absolute atomic E-state index is 11.7. The van der Waals surface area contributed by atoms with E-state index in [4.69, 9.17) is 10.2 Å². The van der Waals surface area contributed by atoms with Gasteiger partial charge in [-0.3, -0.25) is 0 Å². The Labute approximate surface area is 239 Å². The van der Waals surface area contributed by atoms with E-state index in [1.54, 1.807) is 48.5 Å². The van der Waals surface area contributed by atoms with Crippen LogP contribution in [-0.4, -0.2) is 48.2 Å². The Kier molecular flexibility index (Phi) is 13.0. The summed E-state index contributed by atoms with van der Waals surface area (Å²) in [6, 6.07) is 35.9. The summed E-state index contributed by atoms with van der Waals surface area (Å²) in [6.45, 7) is 2.35. The minimum atomic E-state index is -4.64. The second-order valence-corrected chi connectivity index (χ2v) is 14.4. The molecular weight excluding hydrogens is 575 g/mol. The van der Waals surface area contributed by atoms with Crippen LogP contribution in [0.2, 0.25) is 0 Å². The van der Waals surface area contributed by atoms with Crippen molar-refractivity contribution in [2.45, 2.75) is 32.2 Å². The second-order valence-electron chi connectivity index (χ2n) is 9.39. The first-order chi connectivity index (χ1) is 19.2. The van der Waals surface area contributed by atoms with E-state index in [9.17, 15) is 32.7 Å². The van der Waals surface area contributed by atoms with Crippen LogP contribution in [0.25, 0.3) is 0 Å². The molecule has 0 radical (unpaired) electrons. The fraction of sp³-hybridized carbons (Fsp3) is 0.200. The molecule has 0 heterocycles. The van der Waals surface area contributed by atoms with Gasteiger partial charge < -0.3 is 10.2 Å². The Balaban J connectivity index is 0.000000219. The van der Waals surface area contributed by atoms with E-state index in [0.717, 1.165) is 6.92 Å². The van der Waals surface area contributed by atoms with Gasteiger partial charge in [0, 0.05) is 5.92 Å². The van der Waals surface area contributed by atoms with Crippen molar-refractivity contribution in [3.8, 4) is 0 Å². The van der Waals surface area contributed by atoms with Crippen LogP contribution in [0.1, 0.15) is 13.8 Å². The van der Waals surface area contributed by atoms with Crippen molar-refractivity contribution in [2.24, 2.45) is 5.92 Å². The van der Waals surface area contributed by atoms with E-state index in [0.29, 0.717) is 21.2 Å². The molecule has 4 rings (SSSR count). The predicted molar refractivity (Wildman–Crippen MR) is 163 cm³/mol. The van der Waals surface area contributed by atoms with Gasteiger partial charge in [-0.2, -0.15) is 13.2 Å². The van der Waals surface area contributed by atoms with Gasteiger partial charge in [0.15, 0.2) is 6.10 Å². The van der Waals surface area contributed by atoms with Crippen LogP contribution in [0.3, 0.4) is 0 Å². The first-order valence-corrected chi connectivity index (χ1v) is 16.5. The Morgan fingerprint density at radius 3 is 0.854 bits per heavy atom. The molecule has 224 valence electrons. The van der Waals surface area contributed by atoms with Crippen LogP contribution in [0.4, 0.5) is 13.2 Å². The van der Waals surface area contributed by atoms with Crippen LogP contribution in [0.5, 0.6) is 0 Å². The molecule has 4 aromatic carbocycles. The zero-order chi connectivity index (χ0) is 30.7. The molecule has 3 unspecified atom stereocenters. The summed E-state index contributed by atoms with van der Waals surface area (Å²) < 4.78 is 35.1. The number of alkyl halides is 3. The SMILES string of the molecule is CC(O)C(C)C(O)C(F)(F)F.O[PH](O)(c1ccccc1)c1ccccc1.O[PH](O)(c1ccccc1)c1ccccc1. The summed E-state index contributed by atoms with van der Waals surface area (Å²) in [6.07, 6.45) is -8.25. The normalized spacial score (nSPS) is 14.7. The zero-order valence-electron chi connectivity index (χ0n) is 22.6. The van der Waals surface area contributed by atoms with Gasteiger partial charge in [-0.05, 0) is 6.92 Å². The number of hydrogen-bond donors (Lipinski definition) is 6. The number of benzene rings is 4. The van der Waals surface area contributed by atoms with Crippen molar-refractivity contribution in [1.82, 2.24) is 0 Å². The molecule has 4 aromatic rings. The third kappa shape index (κ3) is 10.3. The van der Waals surface area contributed by atoms with E-state index in [2.05, 4.69) is 0 Å². The first-order valence-electron chi connectivity index (χ1n) is 12.7. The van der Waals surface area contributed by atoms with E-state index < -0.39 is 39.7 Å².